The van der Waals surface area contributed by atoms with Crippen molar-refractivity contribution < 1.29 is 4.74 Å². The summed E-state index contributed by atoms with van der Waals surface area (Å²) in [6, 6.07) is 0. The first-order valence-corrected chi connectivity index (χ1v) is 3.20. The highest BCUT2D eigenvalue weighted by molar-refractivity contribution is 5.75. The quantitative estimate of drug-likeness (QED) is 0.489. The van der Waals surface area contributed by atoms with Gasteiger partial charge in [0.25, 0.3) is 0 Å². The maximum Gasteiger partial charge on any atom is 0.128 e. The van der Waals surface area contributed by atoms with Gasteiger partial charge in [0.15, 0.2) is 0 Å². The molecule has 0 amide bonds. The first kappa shape index (κ1) is 5.47. The Labute approximate surface area is 59.2 Å². The smallest absolute Gasteiger partial charge is 0.128 e. The minimum atomic E-state index is 0.694. The lowest BCUT2D eigenvalue weighted by molar-refractivity contribution is 0.277. The monoisotopic (exact) mass is 133 g/mol. The minimum absolute atomic E-state index is 0.694. The summed E-state index contributed by atoms with van der Waals surface area (Å²) in [6.45, 7) is 0.694. The fourth-order valence-corrected chi connectivity index (χ4v) is 0.983. The number of fused-ring (bicyclic) bond motifs is 1. The van der Waals surface area contributed by atoms with Gasteiger partial charge in [0.1, 0.15) is 12.4 Å². The predicted molar refractivity (Wildman–Crippen MR) is 39.8 cm³/mol. The van der Waals surface area contributed by atoms with E-state index in [0.717, 1.165) is 11.3 Å². The molecule has 2 aliphatic rings. The zero-order valence-corrected chi connectivity index (χ0v) is 5.45. The Kier molecular flexibility index (Phi) is 1.17. The Hall–Kier alpha value is -1.31. The first-order chi connectivity index (χ1) is 4.97. The van der Waals surface area contributed by atoms with Crippen LogP contribution in [0.5, 0.6) is 0 Å². The fraction of sp³-hybridized carbons (Fsp3) is 0.125. The van der Waals surface area contributed by atoms with Crippen LogP contribution in [0.15, 0.2) is 40.8 Å². The topological polar surface area (TPSA) is 21.6 Å². The summed E-state index contributed by atoms with van der Waals surface area (Å²) in [5.41, 5.74) is 1.14. The molecular weight excluding hydrogens is 126 g/mol. The number of hydrogen-bond acceptors (Lipinski definition) is 2. The lowest BCUT2D eigenvalue weighted by atomic mass is 10.2. The van der Waals surface area contributed by atoms with E-state index in [-0.39, 0.29) is 0 Å². The lowest BCUT2D eigenvalue weighted by Crippen LogP contribution is -1.82. The lowest BCUT2D eigenvalue weighted by Gasteiger charge is -1.96. The van der Waals surface area contributed by atoms with Crippen molar-refractivity contribution >= 4 is 6.21 Å². The highest BCUT2D eigenvalue weighted by atomic mass is 16.5. The molecule has 0 fully saturated rings. The molecule has 50 valence electrons. The van der Waals surface area contributed by atoms with Gasteiger partial charge in [-0.15, -0.1) is 0 Å². The second-order valence-electron chi connectivity index (χ2n) is 2.12. The summed E-state index contributed by atoms with van der Waals surface area (Å²) >= 11 is 0. The third-order valence-electron chi connectivity index (χ3n) is 1.48. The molecule has 2 rings (SSSR count). The van der Waals surface area contributed by atoms with Gasteiger partial charge in [-0.05, 0) is 18.2 Å². The highest BCUT2D eigenvalue weighted by Gasteiger charge is 2.09. The van der Waals surface area contributed by atoms with Gasteiger partial charge in [0, 0.05) is 18.0 Å². The summed E-state index contributed by atoms with van der Waals surface area (Å²) in [5, 5.41) is 0. The van der Waals surface area contributed by atoms with Crippen molar-refractivity contribution in [3.63, 3.8) is 0 Å². The van der Waals surface area contributed by atoms with Crippen molar-refractivity contribution in [3.8, 4) is 0 Å². The molecule has 0 unspecified atom stereocenters. The molecule has 0 aromatic carbocycles. The molecular formula is C8H7NO. The summed E-state index contributed by atoms with van der Waals surface area (Å²) in [5.74, 6) is 0.928. The molecule has 0 bridgehead atoms. The molecule has 0 radical (unpaired) electrons. The van der Waals surface area contributed by atoms with E-state index in [0.29, 0.717) is 6.61 Å². The zero-order valence-electron chi connectivity index (χ0n) is 5.45. The molecule has 0 aliphatic carbocycles. The van der Waals surface area contributed by atoms with Crippen LogP contribution in [0.4, 0.5) is 0 Å². The summed E-state index contributed by atoms with van der Waals surface area (Å²) in [4.78, 5) is 3.95. The number of hydrogen-bond donors (Lipinski definition) is 0. The van der Waals surface area contributed by atoms with Crippen LogP contribution < -0.4 is 0 Å². The average Bonchev–Trinajstić information content (AvgIpc) is 2.28. The average molecular weight is 133 g/mol. The second kappa shape index (κ2) is 2.14. The van der Waals surface area contributed by atoms with E-state index in [2.05, 4.69) is 4.99 Å². The summed E-state index contributed by atoms with van der Waals surface area (Å²) in [6.07, 6.45) is 9.36. The van der Waals surface area contributed by atoms with Gasteiger partial charge in [0.2, 0.25) is 0 Å². The number of allylic oxidation sites excluding steroid dienone is 2. The summed E-state index contributed by atoms with van der Waals surface area (Å²) < 4.78 is 5.26. The molecule has 0 atom stereocenters. The fourth-order valence-electron chi connectivity index (χ4n) is 0.983. The molecule has 2 heteroatoms. The van der Waals surface area contributed by atoms with E-state index in [1.165, 1.54) is 0 Å². The molecule has 0 saturated heterocycles. The van der Waals surface area contributed by atoms with Crippen molar-refractivity contribution in [3.05, 3.63) is 35.8 Å². The van der Waals surface area contributed by atoms with Crippen LogP contribution in [-0.2, 0) is 4.74 Å². The maximum atomic E-state index is 5.26. The van der Waals surface area contributed by atoms with Gasteiger partial charge in [-0.25, -0.2) is 0 Å². The normalized spacial score (nSPS) is 20.8. The zero-order chi connectivity index (χ0) is 6.81. The molecule has 0 saturated carbocycles. The molecule has 2 aliphatic heterocycles. The number of rotatable bonds is 0. The Morgan fingerprint density at radius 3 is 3.50 bits per heavy atom. The van der Waals surface area contributed by atoms with Gasteiger partial charge >= 0.3 is 0 Å². The Morgan fingerprint density at radius 1 is 1.50 bits per heavy atom. The minimum Gasteiger partial charge on any atom is -0.489 e. The number of ether oxygens (including phenoxy) is 1. The van der Waals surface area contributed by atoms with Crippen molar-refractivity contribution in [1.29, 1.82) is 0 Å². The van der Waals surface area contributed by atoms with Crippen LogP contribution in [0.2, 0.25) is 0 Å². The number of aliphatic imine (C=N–C) groups is 1. The highest BCUT2D eigenvalue weighted by Crippen LogP contribution is 2.19. The standard InChI is InChI=1S/C8H7NO/c1-4-9-5-2-8-7(1)3-6-10-8/h1-5H,6H2. The molecule has 0 spiro atoms. The SMILES string of the molecule is C1=CC2=CCOC2=CC=N1. The Morgan fingerprint density at radius 2 is 2.50 bits per heavy atom. The van der Waals surface area contributed by atoms with Crippen molar-refractivity contribution in [1.82, 2.24) is 0 Å². The molecule has 0 aromatic heterocycles. The third-order valence-corrected chi connectivity index (χ3v) is 1.48. The Bertz CT molecular complexity index is 258. The van der Waals surface area contributed by atoms with Gasteiger partial charge in [-0.2, -0.15) is 0 Å². The van der Waals surface area contributed by atoms with Crippen LogP contribution in [0, 0.1) is 0 Å². The molecule has 0 N–H and O–H groups in total. The van der Waals surface area contributed by atoms with E-state index in [9.17, 15) is 0 Å². The molecule has 2 heterocycles. The molecule has 0 aromatic rings. The van der Waals surface area contributed by atoms with E-state index >= 15 is 0 Å². The van der Waals surface area contributed by atoms with Crippen molar-refractivity contribution in [2.75, 3.05) is 6.61 Å². The molecule has 10 heavy (non-hydrogen) atoms. The van der Waals surface area contributed by atoms with Crippen molar-refractivity contribution in [2.24, 2.45) is 4.99 Å². The van der Waals surface area contributed by atoms with Crippen molar-refractivity contribution in [2.45, 2.75) is 0 Å². The van der Waals surface area contributed by atoms with E-state index in [1.807, 2.05) is 18.2 Å². The summed E-state index contributed by atoms with van der Waals surface area (Å²) in [7, 11) is 0. The van der Waals surface area contributed by atoms with Crippen LogP contribution in [0.1, 0.15) is 0 Å². The third kappa shape index (κ3) is 0.778. The number of nitrogens with zero attached hydrogens (tertiary/aromatic N) is 1. The van der Waals surface area contributed by atoms with Gasteiger partial charge in [-0.3, -0.25) is 4.99 Å². The van der Waals surface area contributed by atoms with Gasteiger partial charge in [0.05, 0.1) is 0 Å². The van der Waals surface area contributed by atoms with Crippen LogP contribution in [0.3, 0.4) is 0 Å². The van der Waals surface area contributed by atoms with Gasteiger partial charge < -0.3 is 4.74 Å². The van der Waals surface area contributed by atoms with E-state index in [1.54, 1.807) is 12.4 Å². The van der Waals surface area contributed by atoms with Crippen LogP contribution in [0.25, 0.3) is 0 Å². The van der Waals surface area contributed by atoms with E-state index in [4.69, 9.17) is 4.74 Å². The van der Waals surface area contributed by atoms with Crippen LogP contribution >= 0.6 is 0 Å². The van der Waals surface area contributed by atoms with Crippen LogP contribution in [-0.4, -0.2) is 12.8 Å². The second-order valence-corrected chi connectivity index (χ2v) is 2.12. The Balaban J connectivity index is 2.42. The maximum absolute atomic E-state index is 5.26. The molecule has 2 nitrogen and oxygen atoms in total. The largest absolute Gasteiger partial charge is 0.489 e. The predicted octanol–water partition coefficient (Wildman–Crippen LogP) is 1.43. The first-order valence-electron chi connectivity index (χ1n) is 3.20. The van der Waals surface area contributed by atoms with Gasteiger partial charge in [-0.1, -0.05) is 0 Å². The van der Waals surface area contributed by atoms with E-state index < -0.39 is 0 Å².